The van der Waals surface area contributed by atoms with Crippen molar-refractivity contribution in [2.45, 2.75) is 13.8 Å². The lowest BCUT2D eigenvalue weighted by Crippen LogP contribution is -2.17. The Kier molecular flexibility index (Phi) is 5.13. The monoisotopic (exact) mass is 400 g/mol. The van der Waals surface area contributed by atoms with Crippen LogP contribution in [0.3, 0.4) is 0 Å². The Labute approximate surface area is 172 Å². The third-order valence-electron chi connectivity index (χ3n) is 4.64. The molecule has 4 rings (SSSR count). The van der Waals surface area contributed by atoms with Gasteiger partial charge in [0.15, 0.2) is 0 Å². The lowest BCUT2D eigenvalue weighted by atomic mass is 10.1. The zero-order valence-electron chi connectivity index (χ0n) is 16.5. The third-order valence-corrected chi connectivity index (χ3v) is 4.64. The third kappa shape index (κ3) is 3.83. The van der Waals surface area contributed by atoms with Gasteiger partial charge in [0.2, 0.25) is 0 Å². The van der Waals surface area contributed by atoms with E-state index in [-0.39, 0.29) is 5.75 Å². The fourth-order valence-corrected chi connectivity index (χ4v) is 3.19. The molecule has 0 aliphatic heterocycles. The first-order valence-electron chi connectivity index (χ1n) is 9.33. The molecule has 30 heavy (non-hydrogen) atoms. The Morgan fingerprint density at radius 3 is 2.60 bits per heavy atom. The van der Waals surface area contributed by atoms with E-state index in [2.05, 4.69) is 25.8 Å². The van der Waals surface area contributed by atoms with Gasteiger partial charge in [-0.3, -0.25) is 9.89 Å². The molecule has 0 fully saturated rings. The van der Waals surface area contributed by atoms with Gasteiger partial charge in [-0.15, -0.1) is 0 Å². The number of aromatic hydroxyl groups is 1. The molecular formula is C22H20N6O2. The van der Waals surface area contributed by atoms with Crippen LogP contribution in [-0.4, -0.2) is 37.2 Å². The van der Waals surface area contributed by atoms with Crippen molar-refractivity contribution in [1.29, 1.82) is 0 Å². The highest BCUT2D eigenvalue weighted by molar-refractivity contribution is 5.94. The summed E-state index contributed by atoms with van der Waals surface area (Å²) in [6, 6.07) is 18.0. The molecule has 0 aliphatic carbocycles. The van der Waals surface area contributed by atoms with E-state index in [1.807, 2.05) is 48.9 Å². The smallest absolute Gasteiger partial charge is 0.289 e. The van der Waals surface area contributed by atoms with Gasteiger partial charge in [-0.2, -0.15) is 15.3 Å². The van der Waals surface area contributed by atoms with E-state index in [1.165, 1.54) is 6.21 Å². The molecule has 0 saturated heterocycles. The van der Waals surface area contributed by atoms with Crippen LogP contribution in [0.4, 0.5) is 0 Å². The molecule has 3 N–H and O–H groups in total. The van der Waals surface area contributed by atoms with E-state index >= 15 is 0 Å². The van der Waals surface area contributed by atoms with Gasteiger partial charge in [0.1, 0.15) is 11.4 Å². The van der Waals surface area contributed by atoms with Gasteiger partial charge >= 0.3 is 0 Å². The fraction of sp³-hybridized carbons (Fsp3) is 0.0909. The average Bonchev–Trinajstić information content (AvgIpc) is 3.34. The number of benzene rings is 2. The Hall–Kier alpha value is -4.20. The molecule has 0 unspecified atom stereocenters. The van der Waals surface area contributed by atoms with E-state index in [1.54, 1.807) is 30.3 Å². The van der Waals surface area contributed by atoms with E-state index in [0.717, 1.165) is 28.2 Å². The number of phenols is 1. The first-order chi connectivity index (χ1) is 14.5. The van der Waals surface area contributed by atoms with Crippen molar-refractivity contribution >= 4 is 12.1 Å². The van der Waals surface area contributed by atoms with Crippen molar-refractivity contribution in [2.75, 3.05) is 0 Å². The number of aromatic amines is 1. The molecule has 0 bridgehead atoms. The predicted octanol–water partition coefficient (Wildman–Crippen LogP) is 3.35. The van der Waals surface area contributed by atoms with Crippen LogP contribution < -0.4 is 5.43 Å². The minimum atomic E-state index is -0.408. The Bertz CT molecular complexity index is 1210. The van der Waals surface area contributed by atoms with E-state index in [9.17, 15) is 9.90 Å². The van der Waals surface area contributed by atoms with Crippen molar-refractivity contribution in [3.63, 3.8) is 0 Å². The van der Waals surface area contributed by atoms with Crippen molar-refractivity contribution in [1.82, 2.24) is 25.4 Å². The molecule has 8 heteroatoms. The van der Waals surface area contributed by atoms with Crippen LogP contribution in [0.2, 0.25) is 0 Å². The molecule has 0 spiro atoms. The number of phenolic OH excluding ortho intramolecular Hbond substituents is 1. The van der Waals surface area contributed by atoms with Crippen LogP contribution in [0.5, 0.6) is 5.75 Å². The highest BCUT2D eigenvalue weighted by atomic mass is 16.3. The number of carbonyl (C=O) groups is 1. The second-order valence-electron chi connectivity index (χ2n) is 6.75. The molecule has 8 nitrogen and oxygen atoms in total. The first-order valence-corrected chi connectivity index (χ1v) is 9.33. The summed E-state index contributed by atoms with van der Waals surface area (Å²) >= 11 is 0. The lowest BCUT2D eigenvalue weighted by molar-refractivity contribution is 0.0950. The van der Waals surface area contributed by atoms with E-state index in [0.29, 0.717) is 11.4 Å². The van der Waals surface area contributed by atoms with E-state index < -0.39 is 5.91 Å². The number of H-pyrrole nitrogens is 1. The molecule has 2 heterocycles. The van der Waals surface area contributed by atoms with Crippen molar-refractivity contribution in [3.05, 3.63) is 83.3 Å². The van der Waals surface area contributed by atoms with Gasteiger partial charge in [-0.25, -0.2) is 10.1 Å². The van der Waals surface area contributed by atoms with Crippen molar-refractivity contribution in [3.8, 4) is 22.7 Å². The number of hydrogen-bond donors (Lipinski definition) is 3. The average molecular weight is 400 g/mol. The number of para-hydroxylation sites is 1. The number of aromatic nitrogens is 4. The van der Waals surface area contributed by atoms with Crippen LogP contribution in [0, 0.1) is 13.8 Å². The molecular weight excluding hydrogens is 380 g/mol. The number of hydrazone groups is 1. The van der Waals surface area contributed by atoms with Gasteiger partial charge in [-0.05, 0) is 61.9 Å². The molecule has 0 saturated carbocycles. The summed E-state index contributed by atoms with van der Waals surface area (Å²) in [4.78, 5) is 12.4. The SMILES string of the molecule is Cc1nn(-c2ccccc2)c(C)c1-c1cc(C(=O)N/N=C/c2ccc(O)cc2)[nH]n1. The summed E-state index contributed by atoms with van der Waals surface area (Å²) in [6.07, 6.45) is 1.49. The Morgan fingerprint density at radius 2 is 1.87 bits per heavy atom. The van der Waals surface area contributed by atoms with Crippen LogP contribution in [-0.2, 0) is 0 Å². The lowest BCUT2D eigenvalue weighted by Gasteiger charge is -2.04. The topological polar surface area (TPSA) is 108 Å². The highest BCUT2D eigenvalue weighted by Crippen LogP contribution is 2.27. The van der Waals surface area contributed by atoms with Gasteiger partial charge < -0.3 is 5.11 Å². The standard InChI is InChI=1S/C22H20N6O2/c1-14-21(15(2)28(27-14)17-6-4-3-5-7-17)19-12-20(25-24-19)22(30)26-23-13-16-8-10-18(29)11-9-16/h3-13,29H,1-2H3,(H,24,25)(H,26,30)/b23-13+. The summed E-state index contributed by atoms with van der Waals surface area (Å²) < 4.78 is 1.86. The first kappa shape index (κ1) is 19.1. The van der Waals surface area contributed by atoms with E-state index in [4.69, 9.17) is 0 Å². The summed E-state index contributed by atoms with van der Waals surface area (Å²) in [6.45, 7) is 3.89. The normalized spacial score (nSPS) is 11.1. The molecule has 150 valence electrons. The summed E-state index contributed by atoms with van der Waals surface area (Å²) in [5.41, 5.74) is 7.73. The van der Waals surface area contributed by atoms with Gasteiger partial charge in [0.25, 0.3) is 5.91 Å². The largest absolute Gasteiger partial charge is 0.508 e. The van der Waals surface area contributed by atoms with Crippen molar-refractivity contribution < 1.29 is 9.90 Å². The number of hydrogen-bond acceptors (Lipinski definition) is 5. The van der Waals surface area contributed by atoms with Crippen LogP contribution >= 0.6 is 0 Å². The number of nitrogens with zero attached hydrogens (tertiary/aromatic N) is 4. The number of nitrogens with one attached hydrogen (secondary N) is 2. The maximum absolute atomic E-state index is 12.4. The van der Waals surface area contributed by atoms with Crippen LogP contribution in [0.25, 0.3) is 16.9 Å². The fourth-order valence-electron chi connectivity index (χ4n) is 3.19. The summed E-state index contributed by atoms with van der Waals surface area (Å²) in [5.74, 6) is -0.239. The number of carbonyl (C=O) groups excluding carboxylic acids is 1. The zero-order valence-corrected chi connectivity index (χ0v) is 16.5. The van der Waals surface area contributed by atoms with Gasteiger partial charge in [-0.1, -0.05) is 18.2 Å². The van der Waals surface area contributed by atoms with Crippen LogP contribution in [0.1, 0.15) is 27.4 Å². The van der Waals surface area contributed by atoms with Gasteiger partial charge in [0.05, 0.1) is 29.0 Å². The molecule has 0 atom stereocenters. The second-order valence-corrected chi connectivity index (χ2v) is 6.75. The maximum Gasteiger partial charge on any atom is 0.289 e. The number of amides is 1. The molecule has 4 aromatic rings. The maximum atomic E-state index is 12.4. The van der Waals surface area contributed by atoms with Gasteiger partial charge in [0, 0.05) is 5.56 Å². The Morgan fingerprint density at radius 1 is 1.13 bits per heavy atom. The minimum absolute atomic E-state index is 0.169. The molecule has 0 radical (unpaired) electrons. The van der Waals surface area contributed by atoms with Crippen LogP contribution in [0.15, 0.2) is 65.8 Å². The minimum Gasteiger partial charge on any atom is -0.508 e. The molecule has 2 aromatic carbocycles. The quantitative estimate of drug-likeness (QED) is 0.353. The summed E-state index contributed by atoms with van der Waals surface area (Å²) in [7, 11) is 0. The number of rotatable bonds is 5. The molecule has 0 aliphatic rings. The predicted molar refractivity (Wildman–Crippen MR) is 114 cm³/mol. The van der Waals surface area contributed by atoms with Crippen molar-refractivity contribution in [2.24, 2.45) is 5.10 Å². The second kappa shape index (κ2) is 8.04. The molecule has 2 aromatic heterocycles. The Balaban J connectivity index is 1.52. The number of aryl methyl sites for hydroxylation is 1. The summed E-state index contributed by atoms with van der Waals surface area (Å²) in [5, 5.41) is 24.9. The highest BCUT2D eigenvalue weighted by Gasteiger charge is 2.18. The zero-order chi connectivity index (χ0) is 21.1. The molecule has 1 amide bonds.